The molecule has 0 N–H and O–H groups in total. The van der Waals surface area contributed by atoms with Crippen LogP contribution in [0.1, 0.15) is 16.6 Å². The first kappa shape index (κ1) is 12.1. The smallest absolute Gasteiger partial charge is 0.0890 e. The van der Waals surface area contributed by atoms with Crippen LogP contribution in [0.3, 0.4) is 0 Å². The third kappa shape index (κ3) is 2.74. The van der Waals surface area contributed by atoms with Crippen LogP contribution in [-0.4, -0.2) is 9.97 Å². The minimum Gasteiger partial charge on any atom is -0.253 e. The highest BCUT2D eigenvalue weighted by Crippen LogP contribution is 2.24. The minimum absolute atomic E-state index is 0.0725. The summed E-state index contributed by atoms with van der Waals surface area (Å²) in [6.07, 6.45) is 2.49. The van der Waals surface area contributed by atoms with Crippen LogP contribution < -0.4 is 0 Å². The molecule has 3 heteroatoms. The Bertz CT molecular complexity index is 682. The van der Waals surface area contributed by atoms with Gasteiger partial charge in [0.05, 0.1) is 22.1 Å². The lowest BCUT2D eigenvalue weighted by Gasteiger charge is -2.09. The quantitative estimate of drug-likeness (QED) is 0.667. The molecule has 0 aliphatic carbocycles. The predicted octanol–water partition coefficient (Wildman–Crippen LogP) is 4.15. The molecule has 0 saturated carbocycles. The largest absolute Gasteiger partial charge is 0.253 e. The van der Waals surface area contributed by atoms with Gasteiger partial charge in [-0.05, 0) is 17.7 Å². The molecule has 0 saturated heterocycles. The molecule has 1 aromatic heterocycles. The monoisotopic (exact) mass is 268 g/mol. The molecule has 3 aromatic rings. The predicted molar refractivity (Wildman–Crippen MR) is 78.3 cm³/mol. The van der Waals surface area contributed by atoms with E-state index in [1.165, 1.54) is 0 Å². The molecule has 1 atom stereocenters. The van der Waals surface area contributed by atoms with E-state index >= 15 is 0 Å². The van der Waals surface area contributed by atoms with E-state index in [0.717, 1.165) is 22.3 Å². The van der Waals surface area contributed by atoms with Gasteiger partial charge in [0.15, 0.2) is 0 Å². The van der Waals surface area contributed by atoms with Gasteiger partial charge in [0.1, 0.15) is 0 Å². The molecule has 3 rings (SSSR count). The Balaban J connectivity index is 1.85. The summed E-state index contributed by atoms with van der Waals surface area (Å²) in [6.45, 7) is 0. The van der Waals surface area contributed by atoms with E-state index in [-0.39, 0.29) is 5.38 Å². The van der Waals surface area contributed by atoms with Crippen LogP contribution in [0.2, 0.25) is 0 Å². The summed E-state index contributed by atoms with van der Waals surface area (Å²) in [7, 11) is 0. The van der Waals surface area contributed by atoms with Gasteiger partial charge in [-0.1, -0.05) is 42.5 Å². The van der Waals surface area contributed by atoms with Crippen molar-refractivity contribution in [3.05, 3.63) is 72.1 Å². The average Bonchev–Trinajstić information content (AvgIpc) is 2.48. The number of nitrogens with zero attached hydrogens (tertiary/aromatic N) is 2. The number of para-hydroxylation sites is 2. The van der Waals surface area contributed by atoms with Crippen molar-refractivity contribution in [2.45, 2.75) is 11.8 Å². The molecule has 0 amide bonds. The number of aromatic nitrogens is 2. The van der Waals surface area contributed by atoms with Gasteiger partial charge in [0.2, 0.25) is 0 Å². The first-order chi connectivity index (χ1) is 9.33. The molecular weight excluding hydrogens is 256 g/mol. The van der Waals surface area contributed by atoms with Crippen LogP contribution in [0.25, 0.3) is 11.0 Å². The fourth-order valence-electron chi connectivity index (χ4n) is 2.06. The van der Waals surface area contributed by atoms with Crippen molar-refractivity contribution in [3.63, 3.8) is 0 Å². The fraction of sp³-hybridized carbons (Fsp3) is 0.125. The third-order valence-corrected chi connectivity index (χ3v) is 3.45. The maximum Gasteiger partial charge on any atom is 0.0890 e. The van der Waals surface area contributed by atoms with Crippen molar-refractivity contribution in [2.75, 3.05) is 0 Å². The Morgan fingerprint density at radius 3 is 2.37 bits per heavy atom. The minimum atomic E-state index is -0.0725. The standard InChI is InChI=1S/C16H13ClN2/c17-14(12-6-2-1-3-7-12)10-13-11-18-15-8-4-5-9-16(15)19-13/h1-9,11,14H,10H2. The van der Waals surface area contributed by atoms with E-state index in [1.54, 1.807) is 6.20 Å². The van der Waals surface area contributed by atoms with E-state index in [2.05, 4.69) is 9.97 Å². The number of hydrogen-bond acceptors (Lipinski definition) is 2. The average molecular weight is 269 g/mol. The SMILES string of the molecule is ClC(Cc1cnc2ccccc2n1)c1ccccc1. The lowest BCUT2D eigenvalue weighted by atomic mass is 10.1. The van der Waals surface area contributed by atoms with Crippen LogP contribution in [0, 0.1) is 0 Å². The maximum absolute atomic E-state index is 6.42. The zero-order valence-corrected chi connectivity index (χ0v) is 11.1. The molecule has 2 nitrogen and oxygen atoms in total. The van der Waals surface area contributed by atoms with Gasteiger partial charge in [0.25, 0.3) is 0 Å². The van der Waals surface area contributed by atoms with E-state index in [9.17, 15) is 0 Å². The number of halogens is 1. The number of hydrogen-bond donors (Lipinski definition) is 0. The van der Waals surface area contributed by atoms with Crippen molar-refractivity contribution in [1.82, 2.24) is 9.97 Å². The van der Waals surface area contributed by atoms with Gasteiger partial charge in [-0.3, -0.25) is 4.98 Å². The fourth-order valence-corrected chi connectivity index (χ4v) is 2.36. The van der Waals surface area contributed by atoms with E-state index in [0.29, 0.717) is 6.42 Å². The molecule has 0 bridgehead atoms. The normalized spacial score (nSPS) is 12.5. The van der Waals surface area contributed by atoms with Crippen molar-refractivity contribution in [3.8, 4) is 0 Å². The number of fused-ring (bicyclic) bond motifs is 1. The van der Waals surface area contributed by atoms with Gasteiger partial charge in [-0.15, -0.1) is 11.6 Å². The zero-order chi connectivity index (χ0) is 13.1. The Kier molecular flexibility index (Phi) is 3.43. The molecule has 0 aliphatic rings. The van der Waals surface area contributed by atoms with Crippen LogP contribution in [0.4, 0.5) is 0 Å². The molecule has 2 aromatic carbocycles. The second-order valence-corrected chi connectivity index (χ2v) is 4.96. The van der Waals surface area contributed by atoms with Crippen molar-refractivity contribution < 1.29 is 0 Å². The highest BCUT2D eigenvalue weighted by Gasteiger charge is 2.10. The molecule has 19 heavy (non-hydrogen) atoms. The number of rotatable bonds is 3. The van der Waals surface area contributed by atoms with E-state index in [1.807, 2.05) is 54.6 Å². The Labute approximate surface area is 117 Å². The Morgan fingerprint density at radius 2 is 1.58 bits per heavy atom. The summed E-state index contributed by atoms with van der Waals surface area (Å²) in [6, 6.07) is 17.9. The Morgan fingerprint density at radius 1 is 0.895 bits per heavy atom. The molecule has 0 spiro atoms. The topological polar surface area (TPSA) is 25.8 Å². The van der Waals surface area contributed by atoms with Crippen molar-refractivity contribution in [1.29, 1.82) is 0 Å². The lowest BCUT2D eigenvalue weighted by Crippen LogP contribution is -1.99. The molecule has 1 heterocycles. The van der Waals surface area contributed by atoms with Gasteiger partial charge >= 0.3 is 0 Å². The summed E-state index contributed by atoms with van der Waals surface area (Å²) < 4.78 is 0. The van der Waals surface area contributed by atoms with Crippen LogP contribution in [0.5, 0.6) is 0 Å². The molecule has 0 aliphatic heterocycles. The van der Waals surface area contributed by atoms with Gasteiger partial charge in [-0.25, -0.2) is 4.98 Å². The van der Waals surface area contributed by atoms with Crippen LogP contribution in [0.15, 0.2) is 60.8 Å². The van der Waals surface area contributed by atoms with Gasteiger partial charge in [-0.2, -0.15) is 0 Å². The molecule has 94 valence electrons. The first-order valence-electron chi connectivity index (χ1n) is 6.22. The second-order valence-electron chi connectivity index (χ2n) is 4.43. The summed E-state index contributed by atoms with van der Waals surface area (Å²) >= 11 is 6.42. The number of alkyl halides is 1. The highest BCUT2D eigenvalue weighted by atomic mass is 35.5. The Hall–Kier alpha value is -1.93. The summed E-state index contributed by atoms with van der Waals surface area (Å²) in [5.74, 6) is 0. The summed E-state index contributed by atoms with van der Waals surface area (Å²) in [5.41, 5.74) is 3.86. The van der Waals surface area contributed by atoms with Crippen LogP contribution >= 0.6 is 11.6 Å². The lowest BCUT2D eigenvalue weighted by molar-refractivity contribution is 0.880. The van der Waals surface area contributed by atoms with Crippen LogP contribution in [-0.2, 0) is 6.42 Å². The first-order valence-corrected chi connectivity index (χ1v) is 6.66. The molecule has 1 unspecified atom stereocenters. The molecule has 0 radical (unpaired) electrons. The third-order valence-electron chi connectivity index (χ3n) is 3.05. The van der Waals surface area contributed by atoms with Crippen molar-refractivity contribution in [2.24, 2.45) is 0 Å². The zero-order valence-electron chi connectivity index (χ0n) is 10.3. The number of benzene rings is 2. The molecule has 0 fully saturated rings. The van der Waals surface area contributed by atoms with E-state index in [4.69, 9.17) is 11.6 Å². The van der Waals surface area contributed by atoms with Gasteiger partial charge in [0, 0.05) is 12.6 Å². The summed E-state index contributed by atoms with van der Waals surface area (Å²) in [5, 5.41) is -0.0725. The van der Waals surface area contributed by atoms with Gasteiger partial charge < -0.3 is 0 Å². The maximum atomic E-state index is 6.42. The second kappa shape index (κ2) is 5.37. The van der Waals surface area contributed by atoms with Crippen molar-refractivity contribution >= 4 is 22.6 Å². The molecular formula is C16H13ClN2. The van der Waals surface area contributed by atoms with E-state index < -0.39 is 0 Å². The highest BCUT2D eigenvalue weighted by molar-refractivity contribution is 6.20. The summed E-state index contributed by atoms with van der Waals surface area (Å²) in [4.78, 5) is 9.00.